The Morgan fingerprint density at radius 1 is 1.16 bits per heavy atom. The van der Waals surface area contributed by atoms with Gasteiger partial charge in [0.2, 0.25) is 0 Å². The summed E-state index contributed by atoms with van der Waals surface area (Å²) in [5.74, 6) is -4.47. The van der Waals surface area contributed by atoms with Gasteiger partial charge in [0, 0.05) is 6.42 Å². The highest BCUT2D eigenvalue weighted by atomic mass is 19.1. The summed E-state index contributed by atoms with van der Waals surface area (Å²) < 4.78 is 36.6. The fraction of sp³-hybridized carbons (Fsp3) is 0.273. The van der Waals surface area contributed by atoms with Gasteiger partial charge in [-0.15, -0.1) is 0 Å². The quantitative estimate of drug-likeness (QED) is 0.815. The van der Waals surface area contributed by atoms with Gasteiger partial charge in [-0.05, 0) is 12.1 Å². The predicted octanol–water partition coefficient (Wildman–Crippen LogP) is 1.72. The van der Waals surface area contributed by atoms with Gasteiger partial charge in [0.05, 0.1) is 0 Å². The molecule has 6 nitrogen and oxygen atoms in total. The molecule has 1 aromatic rings. The van der Waals surface area contributed by atoms with Gasteiger partial charge in [-0.2, -0.15) is 0 Å². The molecule has 0 saturated heterocycles. The van der Waals surface area contributed by atoms with Crippen LogP contribution in [0.2, 0.25) is 0 Å². The second-order valence-corrected chi connectivity index (χ2v) is 3.55. The first-order valence-corrected chi connectivity index (χ1v) is 5.23. The van der Waals surface area contributed by atoms with Gasteiger partial charge >= 0.3 is 12.2 Å². The van der Waals surface area contributed by atoms with Crippen LogP contribution in [-0.4, -0.2) is 12.2 Å². The Kier molecular flexibility index (Phi) is 4.26. The van der Waals surface area contributed by atoms with E-state index in [9.17, 15) is 18.4 Å². The molecule has 0 unspecified atom stereocenters. The van der Waals surface area contributed by atoms with Crippen molar-refractivity contribution in [1.82, 2.24) is 0 Å². The molecule has 4 N–H and O–H groups in total. The maximum absolute atomic E-state index is 13.7. The molecule has 0 aromatic heterocycles. The molecule has 0 aliphatic carbocycles. The van der Waals surface area contributed by atoms with Gasteiger partial charge in [-0.3, -0.25) is 0 Å². The molecule has 0 fully saturated rings. The highest BCUT2D eigenvalue weighted by Gasteiger charge is 2.43. The minimum Gasteiger partial charge on any atom is -0.402 e. The summed E-state index contributed by atoms with van der Waals surface area (Å²) in [7, 11) is 0. The largest absolute Gasteiger partial charge is 0.408 e. The van der Waals surface area contributed by atoms with Crippen molar-refractivity contribution in [2.45, 2.75) is 19.1 Å². The van der Waals surface area contributed by atoms with E-state index in [-0.39, 0.29) is 6.42 Å². The molecule has 2 amide bonds. The Hall–Kier alpha value is -2.38. The lowest BCUT2D eigenvalue weighted by molar-refractivity contribution is -0.172. The van der Waals surface area contributed by atoms with Gasteiger partial charge in [-0.25, -0.2) is 18.4 Å². The Morgan fingerprint density at radius 3 is 1.89 bits per heavy atom. The average molecular weight is 274 g/mol. The number of rotatable bonds is 4. The number of hydrogen-bond donors (Lipinski definition) is 2. The van der Waals surface area contributed by atoms with E-state index in [2.05, 4.69) is 9.47 Å². The Labute approximate surface area is 107 Å². The third kappa shape index (κ3) is 3.09. The van der Waals surface area contributed by atoms with Gasteiger partial charge < -0.3 is 20.9 Å². The number of halogens is 2. The number of carbonyl (C=O) groups excluding carboxylic acids is 2. The molecular formula is C11H12F2N2O4. The molecule has 1 rings (SSSR count). The van der Waals surface area contributed by atoms with Crippen LogP contribution in [-0.2, 0) is 15.3 Å². The normalized spacial score (nSPS) is 10.9. The summed E-state index contributed by atoms with van der Waals surface area (Å²) in [5.41, 5.74) is 8.90. The van der Waals surface area contributed by atoms with E-state index in [4.69, 9.17) is 11.5 Å². The van der Waals surface area contributed by atoms with E-state index in [0.717, 1.165) is 18.2 Å². The Morgan fingerprint density at radius 2 is 1.58 bits per heavy atom. The van der Waals surface area contributed by atoms with Crippen molar-refractivity contribution >= 4 is 12.2 Å². The van der Waals surface area contributed by atoms with Crippen LogP contribution in [0.1, 0.15) is 18.9 Å². The van der Waals surface area contributed by atoms with Crippen molar-refractivity contribution in [2.24, 2.45) is 11.5 Å². The lowest BCUT2D eigenvalue weighted by Crippen LogP contribution is -2.41. The molecular weight excluding hydrogens is 262 g/mol. The number of carbonyl (C=O) groups is 2. The maximum atomic E-state index is 13.7. The lowest BCUT2D eigenvalue weighted by atomic mass is 10.0. The number of amides is 2. The van der Waals surface area contributed by atoms with Gasteiger partial charge in [0.15, 0.2) is 0 Å². The van der Waals surface area contributed by atoms with Crippen molar-refractivity contribution in [2.75, 3.05) is 0 Å². The first-order chi connectivity index (χ1) is 8.82. The van der Waals surface area contributed by atoms with E-state index < -0.39 is 35.2 Å². The minimum atomic E-state index is -2.34. The van der Waals surface area contributed by atoms with E-state index in [1.165, 1.54) is 6.92 Å². The number of hydrogen-bond acceptors (Lipinski definition) is 4. The summed E-state index contributed by atoms with van der Waals surface area (Å²) in [6.07, 6.45) is -3.02. The zero-order valence-electron chi connectivity index (χ0n) is 9.98. The van der Waals surface area contributed by atoms with E-state index >= 15 is 0 Å². The first-order valence-electron chi connectivity index (χ1n) is 5.23. The number of benzene rings is 1. The van der Waals surface area contributed by atoms with Crippen LogP contribution in [0.3, 0.4) is 0 Å². The molecule has 0 atom stereocenters. The topological polar surface area (TPSA) is 105 Å². The first kappa shape index (κ1) is 14.7. The van der Waals surface area contributed by atoms with Crippen molar-refractivity contribution in [3.8, 4) is 0 Å². The molecule has 0 heterocycles. The molecule has 0 spiro atoms. The molecule has 0 saturated carbocycles. The molecule has 0 aliphatic heterocycles. The standard InChI is InChI=1S/C11H12F2N2O4/c1-2-11(18-9(14)16,19-10(15)17)8-6(12)4-3-5-7(8)13/h3-5H,2H2,1H3,(H2,14,16)(H2,15,17). The Bertz CT molecular complexity index is 471. The van der Waals surface area contributed by atoms with Crippen LogP contribution >= 0.6 is 0 Å². The predicted molar refractivity (Wildman–Crippen MR) is 59.7 cm³/mol. The molecule has 0 bridgehead atoms. The van der Waals surface area contributed by atoms with E-state index in [1.807, 2.05) is 0 Å². The summed E-state index contributed by atoms with van der Waals surface area (Å²) in [4.78, 5) is 21.7. The van der Waals surface area contributed by atoms with Crippen LogP contribution in [0.5, 0.6) is 0 Å². The molecule has 1 aromatic carbocycles. The average Bonchev–Trinajstić information content (AvgIpc) is 2.26. The fourth-order valence-electron chi connectivity index (χ4n) is 1.63. The molecule has 19 heavy (non-hydrogen) atoms. The summed E-state index contributed by atoms with van der Waals surface area (Å²) in [6.45, 7) is 1.37. The van der Waals surface area contributed by atoms with Crippen LogP contribution < -0.4 is 11.5 Å². The summed E-state index contributed by atoms with van der Waals surface area (Å²) in [6, 6.07) is 2.93. The van der Waals surface area contributed by atoms with Crippen molar-refractivity contribution in [3.05, 3.63) is 35.4 Å². The highest BCUT2D eigenvalue weighted by Crippen LogP contribution is 2.34. The van der Waals surface area contributed by atoms with E-state index in [0.29, 0.717) is 0 Å². The molecule has 8 heteroatoms. The molecule has 0 radical (unpaired) electrons. The van der Waals surface area contributed by atoms with E-state index in [1.54, 1.807) is 0 Å². The second-order valence-electron chi connectivity index (χ2n) is 3.55. The summed E-state index contributed by atoms with van der Waals surface area (Å²) in [5, 5.41) is 0. The zero-order valence-corrected chi connectivity index (χ0v) is 9.98. The molecule has 104 valence electrons. The van der Waals surface area contributed by atoms with Crippen LogP contribution in [0.25, 0.3) is 0 Å². The molecule has 0 aliphatic rings. The number of nitrogens with two attached hydrogens (primary N) is 2. The minimum absolute atomic E-state index is 0.281. The Balaban J connectivity index is 3.44. The van der Waals surface area contributed by atoms with Crippen LogP contribution in [0.4, 0.5) is 18.4 Å². The number of ether oxygens (including phenoxy) is 2. The second kappa shape index (κ2) is 5.51. The van der Waals surface area contributed by atoms with Crippen LogP contribution in [0.15, 0.2) is 18.2 Å². The zero-order chi connectivity index (χ0) is 14.6. The fourth-order valence-corrected chi connectivity index (χ4v) is 1.63. The van der Waals surface area contributed by atoms with Crippen molar-refractivity contribution in [3.63, 3.8) is 0 Å². The lowest BCUT2D eigenvalue weighted by Gasteiger charge is -2.31. The maximum Gasteiger partial charge on any atom is 0.408 e. The van der Waals surface area contributed by atoms with Gasteiger partial charge in [0.1, 0.15) is 17.2 Å². The van der Waals surface area contributed by atoms with Crippen LogP contribution in [0, 0.1) is 11.6 Å². The summed E-state index contributed by atoms with van der Waals surface area (Å²) >= 11 is 0. The van der Waals surface area contributed by atoms with Gasteiger partial charge in [-0.1, -0.05) is 13.0 Å². The monoisotopic (exact) mass is 274 g/mol. The third-order valence-corrected chi connectivity index (χ3v) is 2.34. The number of primary amides is 2. The van der Waals surface area contributed by atoms with Crippen molar-refractivity contribution in [1.29, 1.82) is 0 Å². The van der Waals surface area contributed by atoms with Crippen molar-refractivity contribution < 1.29 is 27.8 Å². The smallest absolute Gasteiger partial charge is 0.402 e. The van der Waals surface area contributed by atoms with Gasteiger partial charge in [0.25, 0.3) is 5.79 Å². The third-order valence-electron chi connectivity index (χ3n) is 2.34. The SMILES string of the molecule is CCC(OC(N)=O)(OC(N)=O)c1c(F)cccc1F. The highest BCUT2D eigenvalue weighted by molar-refractivity contribution is 5.68.